The maximum atomic E-state index is 12.5. The number of nitrogens with one attached hydrogen (secondary N) is 2. The van der Waals surface area contributed by atoms with Crippen LogP contribution in [0, 0.1) is 0 Å². The Hall–Kier alpha value is -3.36. The van der Waals surface area contributed by atoms with E-state index >= 15 is 0 Å². The normalized spacial score (nSPS) is 16.2. The molecule has 1 aromatic carbocycles. The molecule has 1 unspecified atom stereocenters. The third kappa shape index (κ3) is 4.67. The Labute approximate surface area is 162 Å². The third-order valence-electron chi connectivity index (χ3n) is 4.52. The molecular weight excluding hydrogens is 362 g/mol. The van der Waals surface area contributed by atoms with Crippen LogP contribution in [0.1, 0.15) is 12.0 Å². The predicted octanol–water partition coefficient (Wildman–Crippen LogP) is 0.561. The van der Waals surface area contributed by atoms with Crippen molar-refractivity contribution in [3.05, 3.63) is 48.3 Å². The van der Waals surface area contributed by atoms with Gasteiger partial charge in [0, 0.05) is 25.5 Å². The van der Waals surface area contributed by atoms with E-state index in [2.05, 4.69) is 15.7 Å². The number of urea groups is 1. The molecule has 1 aromatic heterocycles. The van der Waals surface area contributed by atoms with Crippen molar-refractivity contribution in [1.82, 2.24) is 25.3 Å². The molecule has 4 amide bonds. The van der Waals surface area contributed by atoms with Gasteiger partial charge in [-0.15, -0.1) is 0 Å². The minimum atomic E-state index is -0.838. The molecule has 1 fully saturated rings. The van der Waals surface area contributed by atoms with Crippen molar-refractivity contribution in [3.8, 4) is 5.75 Å². The van der Waals surface area contributed by atoms with E-state index in [-0.39, 0.29) is 24.8 Å². The predicted molar refractivity (Wildman–Crippen MR) is 101 cm³/mol. The summed E-state index contributed by atoms with van der Waals surface area (Å²) in [4.78, 5) is 37.9. The minimum Gasteiger partial charge on any atom is -0.496 e. The highest BCUT2D eigenvalue weighted by Crippen LogP contribution is 2.19. The second-order valence-electron chi connectivity index (χ2n) is 6.38. The van der Waals surface area contributed by atoms with Gasteiger partial charge in [-0.3, -0.25) is 19.2 Å². The Bertz CT molecular complexity index is 837. The molecule has 9 nitrogen and oxygen atoms in total. The van der Waals surface area contributed by atoms with Crippen molar-refractivity contribution >= 4 is 17.8 Å². The fourth-order valence-corrected chi connectivity index (χ4v) is 3.07. The number of rotatable bonds is 9. The van der Waals surface area contributed by atoms with Gasteiger partial charge in [0.25, 0.3) is 5.91 Å². The fourth-order valence-electron chi connectivity index (χ4n) is 3.07. The molecule has 148 valence electrons. The molecule has 9 heteroatoms. The number of benzene rings is 1. The summed E-state index contributed by atoms with van der Waals surface area (Å²) in [5.41, 5.74) is 0.908. The van der Waals surface area contributed by atoms with Gasteiger partial charge in [-0.2, -0.15) is 5.10 Å². The van der Waals surface area contributed by atoms with Gasteiger partial charge in [-0.25, -0.2) is 4.79 Å². The molecule has 1 atom stereocenters. The molecular formula is C19H23N5O4. The molecule has 0 saturated carbocycles. The number of aromatic nitrogens is 2. The van der Waals surface area contributed by atoms with Gasteiger partial charge < -0.3 is 15.4 Å². The minimum absolute atomic E-state index is 0.0885. The number of ether oxygens (including phenoxy) is 1. The molecule has 2 heterocycles. The van der Waals surface area contributed by atoms with E-state index in [0.29, 0.717) is 25.3 Å². The zero-order valence-corrected chi connectivity index (χ0v) is 15.6. The highest BCUT2D eigenvalue weighted by Gasteiger charge is 2.38. The number of para-hydroxylation sites is 1. The average molecular weight is 385 g/mol. The average Bonchev–Trinajstić information content (AvgIpc) is 3.29. The van der Waals surface area contributed by atoms with Gasteiger partial charge in [-0.05, 0) is 24.1 Å². The van der Waals surface area contributed by atoms with E-state index in [9.17, 15) is 14.4 Å². The van der Waals surface area contributed by atoms with Crippen LogP contribution in [0.5, 0.6) is 5.75 Å². The first kappa shape index (κ1) is 19.4. The molecule has 3 rings (SSSR count). The van der Waals surface area contributed by atoms with Gasteiger partial charge in [0.15, 0.2) is 0 Å². The largest absolute Gasteiger partial charge is 0.496 e. The summed E-state index contributed by atoms with van der Waals surface area (Å²) in [7, 11) is 1.58. The van der Waals surface area contributed by atoms with E-state index in [1.165, 1.54) is 0 Å². The third-order valence-corrected chi connectivity index (χ3v) is 4.52. The fraction of sp³-hybridized carbons (Fsp3) is 0.368. The van der Waals surface area contributed by atoms with Gasteiger partial charge >= 0.3 is 6.03 Å². The number of nitrogens with zero attached hydrogens (tertiary/aromatic N) is 3. The smallest absolute Gasteiger partial charge is 0.324 e. The van der Waals surface area contributed by atoms with Crippen LogP contribution < -0.4 is 15.4 Å². The number of hydrogen-bond donors (Lipinski definition) is 2. The molecule has 1 saturated heterocycles. The van der Waals surface area contributed by atoms with Crippen LogP contribution in [0.25, 0.3) is 0 Å². The Morgan fingerprint density at radius 3 is 2.82 bits per heavy atom. The van der Waals surface area contributed by atoms with Crippen molar-refractivity contribution in [2.45, 2.75) is 25.4 Å². The second-order valence-corrected chi connectivity index (χ2v) is 6.38. The van der Waals surface area contributed by atoms with Gasteiger partial charge in [0.1, 0.15) is 11.8 Å². The van der Waals surface area contributed by atoms with Crippen molar-refractivity contribution in [2.75, 3.05) is 20.2 Å². The molecule has 0 spiro atoms. The number of imide groups is 1. The van der Waals surface area contributed by atoms with Crippen LogP contribution in [0.15, 0.2) is 42.7 Å². The number of methoxy groups -OCH3 is 1. The Morgan fingerprint density at radius 1 is 1.25 bits per heavy atom. The topological polar surface area (TPSA) is 106 Å². The van der Waals surface area contributed by atoms with Crippen LogP contribution in [-0.4, -0.2) is 58.8 Å². The lowest BCUT2D eigenvalue weighted by Crippen LogP contribution is -2.37. The summed E-state index contributed by atoms with van der Waals surface area (Å²) in [6.07, 6.45) is 3.85. The maximum absolute atomic E-state index is 12.5. The van der Waals surface area contributed by atoms with Gasteiger partial charge in [-0.1, -0.05) is 18.2 Å². The zero-order chi connectivity index (χ0) is 19.9. The summed E-state index contributed by atoms with van der Waals surface area (Å²) >= 11 is 0. The molecule has 1 aliphatic heterocycles. The lowest BCUT2D eigenvalue weighted by molar-refractivity contribution is -0.130. The Morgan fingerprint density at radius 2 is 2.07 bits per heavy atom. The van der Waals surface area contributed by atoms with Crippen LogP contribution in [0.2, 0.25) is 0 Å². The Kier molecular flexibility index (Phi) is 6.25. The van der Waals surface area contributed by atoms with E-state index < -0.39 is 12.1 Å². The van der Waals surface area contributed by atoms with Crippen LogP contribution in [0.4, 0.5) is 4.79 Å². The van der Waals surface area contributed by atoms with E-state index in [0.717, 1.165) is 10.5 Å². The quantitative estimate of drug-likeness (QED) is 0.614. The molecule has 2 aromatic rings. The summed E-state index contributed by atoms with van der Waals surface area (Å²) in [5, 5.41) is 9.36. The summed E-state index contributed by atoms with van der Waals surface area (Å²) in [6.45, 7) is 1.16. The zero-order valence-electron chi connectivity index (χ0n) is 15.6. The highest BCUT2D eigenvalue weighted by molar-refractivity contribution is 6.05. The second kappa shape index (κ2) is 9.03. The van der Waals surface area contributed by atoms with Gasteiger partial charge in [0.2, 0.25) is 5.91 Å². The number of carbonyl (C=O) groups is 3. The van der Waals surface area contributed by atoms with Crippen molar-refractivity contribution in [1.29, 1.82) is 0 Å². The van der Waals surface area contributed by atoms with Crippen LogP contribution in [-0.2, 0) is 22.6 Å². The van der Waals surface area contributed by atoms with Crippen molar-refractivity contribution in [2.24, 2.45) is 0 Å². The van der Waals surface area contributed by atoms with Gasteiger partial charge in [0.05, 0.1) is 20.1 Å². The SMILES string of the molecule is COc1ccccc1CCN1C(=O)NC(CC(=O)NCCn2cccn2)C1=O. The van der Waals surface area contributed by atoms with E-state index in [1.54, 1.807) is 30.3 Å². The molecule has 28 heavy (non-hydrogen) atoms. The number of amides is 4. The molecule has 0 radical (unpaired) electrons. The Balaban J connectivity index is 1.48. The monoisotopic (exact) mass is 385 g/mol. The number of carbonyl (C=O) groups excluding carboxylic acids is 3. The molecule has 0 bridgehead atoms. The standard InChI is InChI=1S/C19H23N5O4/c1-28-16-6-3-2-5-14(16)7-11-24-18(26)15(22-19(24)27)13-17(25)20-9-12-23-10-4-8-21-23/h2-6,8,10,15H,7,9,11-13H2,1H3,(H,20,25)(H,22,27). The molecule has 2 N–H and O–H groups in total. The lowest BCUT2D eigenvalue weighted by atomic mass is 10.1. The highest BCUT2D eigenvalue weighted by atomic mass is 16.5. The van der Waals surface area contributed by atoms with Crippen molar-refractivity contribution in [3.63, 3.8) is 0 Å². The summed E-state index contributed by atoms with van der Waals surface area (Å²) in [5.74, 6) is 0.0298. The molecule has 0 aliphatic carbocycles. The first-order chi connectivity index (χ1) is 13.6. The summed E-state index contributed by atoms with van der Waals surface area (Å²) in [6, 6.07) is 7.94. The first-order valence-corrected chi connectivity index (χ1v) is 9.06. The maximum Gasteiger partial charge on any atom is 0.324 e. The van der Waals surface area contributed by atoms with Crippen LogP contribution in [0.3, 0.4) is 0 Å². The van der Waals surface area contributed by atoms with E-state index in [4.69, 9.17) is 4.74 Å². The number of hydrogen-bond acceptors (Lipinski definition) is 5. The summed E-state index contributed by atoms with van der Waals surface area (Å²) < 4.78 is 6.99. The lowest BCUT2D eigenvalue weighted by Gasteiger charge is -2.14. The van der Waals surface area contributed by atoms with Crippen LogP contribution >= 0.6 is 0 Å². The molecule has 1 aliphatic rings. The van der Waals surface area contributed by atoms with E-state index in [1.807, 2.05) is 24.3 Å². The first-order valence-electron chi connectivity index (χ1n) is 9.06. The van der Waals surface area contributed by atoms with Crippen molar-refractivity contribution < 1.29 is 19.1 Å².